The Hall–Kier alpha value is -3.15. The highest BCUT2D eigenvalue weighted by molar-refractivity contribution is 6.22. The summed E-state index contributed by atoms with van der Waals surface area (Å²) in [5, 5.41) is 0. The van der Waals surface area contributed by atoms with E-state index in [1.807, 2.05) is 0 Å². The highest BCUT2D eigenvalue weighted by Gasteiger charge is 2.59. The Balaban J connectivity index is 1.42. The molecule has 6 heteroatoms. The van der Waals surface area contributed by atoms with Crippen LogP contribution in [0.5, 0.6) is 5.75 Å². The summed E-state index contributed by atoms with van der Waals surface area (Å²) in [6, 6.07) is 9.56. The van der Waals surface area contributed by atoms with Gasteiger partial charge in [-0.25, -0.2) is 9.69 Å². The summed E-state index contributed by atoms with van der Waals surface area (Å²) in [5.41, 5.74) is 0.429. The van der Waals surface area contributed by atoms with E-state index in [-0.39, 0.29) is 47.0 Å². The first-order valence-electron chi connectivity index (χ1n) is 8.55. The van der Waals surface area contributed by atoms with Gasteiger partial charge < -0.3 is 9.15 Å². The van der Waals surface area contributed by atoms with Crippen molar-refractivity contribution in [3.63, 3.8) is 0 Å². The summed E-state index contributed by atoms with van der Waals surface area (Å²) >= 11 is 0. The monoisotopic (exact) mass is 349 g/mol. The Morgan fingerprint density at radius 3 is 2.42 bits per heavy atom. The van der Waals surface area contributed by atoms with E-state index in [1.165, 1.54) is 23.3 Å². The van der Waals surface area contributed by atoms with Gasteiger partial charge in [0.2, 0.25) is 17.6 Å². The van der Waals surface area contributed by atoms with Crippen LogP contribution >= 0.6 is 0 Å². The Morgan fingerprint density at radius 1 is 1.04 bits per heavy atom. The number of amides is 2. The molecule has 4 atom stereocenters. The third kappa shape index (κ3) is 2.08. The smallest absolute Gasteiger partial charge is 0.379 e. The van der Waals surface area contributed by atoms with Crippen molar-refractivity contribution in [1.29, 1.82) is 0 Å². The lowest BCUT2D eigenvalue weighted by molar-refractivity contribution is -0.123. The Kier molecular flexibility index (Phi) is 3.16. The highest BCUT2D eigenvalue weighted by atomic mass is 16.5. The number of allylic oxidation sites excluding steroid dienone is 2. The predicted octanol–water partition coefficient (Wildman–Crippen LogP) is 2.81. The van der Waals surface area contributed by atoms with Gasteiger partial charge in [0.1, 0.15) is 5.75 Å². The van der Waals surface area contributed by atoms with E-state index in [1.54, 1.807) is 24.3 Å². The van der Waals surface area contributed by atoms with Crippen LogP contribution in [0, 0.1) is 23.7 Å². The Bertz CT molecular complexity index is 915. The molecule has 1 saturated heterocycles. The predicted molar refractivity (Wildman–Crippen MR) is 90.3 cm³/mol. The van der Waals surface area contributed by atoms with Gasteiger partial charge in [0.25, 0.3) is 0 Å². The number of carbonyl (C=O) groups excluding carboxylic acids is 3. The molecule has 2 bridgehead atoms. The van der Waals surface area contributed by atoms with Crippen molar-refractivity contribution in [3.05, 3.63) is 60.6 Å². The number of esters is 1. The van der Waals surface area contributed by atoms with E-state index in [9.17, 15) is 14.4 Å². The second kappa shape index (κ2) is 5.42. The van der Waals surface area contributed by atoms with Gasteiger partial charge in [-0.15, -0.1) is 0 Å². The molecule has 1 aliphatic heterocycles. The fraction of sp³-hybridized carbons (Fsp3) is 0.250. The van der Waals surface area contributed by atoms with E-state index < -0.39 is 5.97 Å². The van der Waals surface area contributed by atoms with E-state index in [2.05, 4.69) is 12.2 Å². The standard InChI is InChI=1S/C20H15NO5/c22-18-16-11-6-7-12(9-11)17(16)19(23)21(18)13-3-1-4-14(10-13)26-20(24)15-5-2-8-25-15/h1-8,10-12,16-17H,9H2/t11-,12-,16+,17+/m0/s1. The number of hydrogen-bond acceptors (Lipinski definition) is 5. The molecule has 6 nitrogen and oxygen atoms in total. The van der Waals surface area contributed by atoms with E-state index >= 15 is 0 Å². The normalized spacial score (nSPS) is 28.7. The molecule has 0 unspecified atom stereocenters. The van der Waals surface area contributed by atoms with Gasteiger partial charge in [0.05, 0.1) is 23.8 Å². The topological polar surface area (TPSA) is 76.8 Å². The fourth-order valence-electron chi connectivity index (χ4n) is 4.39. The van der Waals surface area contributed by atoms with E-state index in [4.69, 9.17) is 9.15 Å². The molecule has 2 amide bonds. The SMILES string of the molecule is O=C(Oc1cccc(N2C(=O)[C@H]3[C@H](C2=O)[C@H]2C=C[C@H]3C2)c1)c1ccco1. The molecule has 26 heavy (non-hydrogen) atoms. The zero-order valence-corrected chi connectivity index (χ0v) is 13.7. The van der Waals surface area contributed by atoms with Crippen LogP contribution in [-0.2, 0) is 9.59 Å². The van der Waals surface area contributed by atoms with E-state index in [0.717, 1.165) is 6.42 Å². The fourth-order valence-corrected chi connectivity index (χ4v) is 4.39. The summed E-state index contributed by atoms with van der Waals surface area (Å²) in [6.45, 7) is 0. The van der Waals surface area contributed by atoms with Crippen molar-refractivity contribution in [1.82, 2.24) is 0 Å². The van der Waals surface area contributed by atoms with Crippen molar-refractivity contribution >= 4 is 23.5 Å². The molecule has 1 saturated carbocycles. The summed E-state index contributed by atoms with van der Waals surface area (Å²) in [5.74, 6) is -0.817. The number of anilines is 1. The summed E-state index contributed by atoms with van der Waals surface area (Å²) in [7, 11) is 0. The third-order valence-corrected chi connectivity index (χ3v) is 5.48. The molecule has 1 aromatic heterocycles. The van der Waals surface area contributed by atoms with Gasteiger partial charge in [0.15, 0.2) is 0 Å². The molecular weight excluding hydrogens is 334 g/mol. The first-order chi connectivity index (χ1) is 12.6. The average Bonchev–Trinajstić information content (AvgIpc) is 3.39. The molecule has 2 aromatic rings. The van der Waals surface area contributed by atoms with Crippen LogP contribution in [0.1, 0.15) is 17.0 Å². The first-order valence-corrected chi connectivity index (χ1v) is 8.55. The number of carbonyl (C=O) groups is 3. The molecule has 2 fully saturated rings. The molecule has 130 valence electrons. The van der Waals surface area contributed by atoms with Crippen molar-refractivity contribution in [2.45, 2.75) is 6.42 Å². The Morgan fingerprint density at radius 2 is 1.77 bits per heavy atom. The van der Waals surface area contributed by atoms with Crippen LogP contribution in [0.25, 0.3) is 0 Å². The molecule has 0 N–H and O–H groups in total. The molecule has 0 spiro atoms. The van der Waals surface area contributed by atoms with Gasteiger partial charge in [0, 0.05) is 6.07 Å². The van der Waals surface area contributed by atoms with Gasteiger partial charge >= 0.3 is 5.97 Å². The molecule has 1 aromatic carbocycles. The number of furan rings is 1. The number of imide groups is 1. The summed E-state index contributed by atoms with van der Waals surface area (Å²) in [4.78, 5) is 39.0. The largest absolute Gasteiger partial charge is 0.457 e. The molecule has 2 aliphatic carbocycles. The maximum Gasteiger partial charge on any atom is 0.379 e. The third-order valence-electron chi connectivity index (χ3n) is 5.48. The zero-order chi connectivity index (χ0) is 17.8. The van der Waals surface area contributed by atoms with Crippen LogP contribution in [0.2, 0.25) is 0 Å². The van der Waals surface area contributed by atoms with Crippen molar-refractivity contribution < 1.29 is 23.5 Å². The Labute approximate surface area is 149 Å². The number of rotatable bonds is 3. The lowest BCUT2D eigenvalue weighted by Gasteiger charge is -2.17. The number of ether oxygens (including phenoxy) is 1. The number of benzene rings is 1. The van der Waals surface area contributed by atoms with E-state index in [0.29, 0.717) is 5.69 Å². The minimum absolute atomic E-state index is 0.0842. The second-order valence-electron chi connectivity index (χ2n) is 6.88. The van der Waals surface area contributed by atoms with Crippen LogP contribution in [0.4, 0.5) is 5.69 Å². The van der Waals surface area contributed by atoms with Gasteiger partial charge in [-0.1, -0.05) is 18.2 Å². The average molecular weight is 349 g/mol. The molecule has 3 aliphatic rings. The molecular formula is C20H15NO5. The zero-order valence-electron chi connectivity index (χ0n) is 13.7. The minimum Gasteiger partial charge on any atom is -0.457 e. The second-order valence-corrected chi connectivity index (χ2v) is 6.88. The van der Waals surface area contributed by atoms with Crippen LogP contribution < -0.4 is 9.64 Å². The maximum atomic E-state index is 12.9. The quantitative estimate of drug-likeness (QED) is 0.369. The number of fused-ring (bicyclic) bond motifs is 5. The van der Waals surface area contributed by atoms with Crippen molar-refractivity contribution in [2.75, 3.05) is 4.90 Å². The molecule has 5 rings (SSSR count). The molecule has 0 radical (unpaired) electrons. The van der Waals surface area contributed by atoms with Crippen molar-refractivity contribution in [3.8, 4) is 5.75 Å². The summed E-state index contributed by atoms with van der Waals surface area (Å²) < 4.78 is 10.3. The highest BCUT2D eigenvalue weighted by Crippen LogP contribution is 2.53. The summed E-state index contributed by atoms with van der Waals surface area (Å²) in [6.07, 6.45) is 6.39. The van der Waals surface area contributed by atoms with Gasteiger partial charge in [-0.3, -0.25) is 9.59 Å². The van der Waals surface area contributed by atoms with Crippen LogP contribution in [-0.4, -0.2) is 17.8 Å². The maximum absolute atomic E-state index is 12.9. The van der Waals surface area contributed by atoms with Crippen molar-refractivity contribution in [2.24, 2.45) is 23.7 Å². The van der Waals surface area contributed by atoms with Crippen LogP contribution in [0.3, 0.4) is 0 Å². The molecule has 2 heterocycles. The van der Waals surface area contributed by atoms with Crippen LogP contribution in [0.15, 0.2) is 59.2 Å². The number of nitrogens with zero attached hydrogens (tertiary/aromatic N) is 1. The first kappa shape index (κ1) is 15.1. The number of hydrogen-bond donors (Lipinski definition) is 0. The lowest BCUT2D eigenvalue weighted by Crippen LogP contribution is -2.32. The van der Waals surface area contributed by atoms with Gasteiger partial charge in [-0.2, -0.15) is 0 Å². The lowest BCUT2D eigenvalue weighted by atomic mass is 9.85. The minimum atomic E-state index is -0.634. The van der Waals surface area contributed by atoms with Gasteiger partial charge in [-0.05, 0) is 42.5 Å².